The van der Waals surface area contributed by atoms with Gasteiger partial charge >= 0.3 is 0 Å². The van der Waals surface area contributed by atoms with E-state index in [2.05, 4.69) is 10.3 Å². The number of nitrogens with zero attached hydrogens (tertiary/aromatic N) is 3. The monoisotopic (exact) mass is 342 g/mol. The number of amides is 1. The number of halogens is 3. The molecule has 2 aromatic rings. The summed E-state index contributed by atoms with van der Waals surface area (Å²) in [5.41, 5.74) is -0.123. The normalized spacial score (nSPS) is 17.7. The molecule has 1 saturated heterocycles. The molecule has 124 valence electrons. The maximum Gasteiger partial charge on any atom is 0.257 e. The van der Waals surface area contributed by atoms with Crippen molar-refractivity contribution in [3.05, 3.63) is 53.6 Å². The third-order valence-corrected chi connectivity index (χ3v) is 3.82. The van der Waals surface area contributed by atoms with E-state index in [1.165, 1.54) is 6.07 Å². The average Bonchev–Trinajstić information content (AvgIpc) is 2.93. The lowest BCUT2D eigenvalue weighted by Crippen LogP contribution is -2.49. The molecule has 0 bridgehead atoms. The number of imidazole rings is 1. The topological polar surface area (TPSA) is 50.2 Å². The Morgan fingerprint density at radius 3 is 2.83 bits per heavy atom. The molecule has 1 N–H and O–H groups in total. The van der Waals surface area contributed by atoms with E-state index in [0.29, 0.717) is 19.6 Å². The fraction of sp³-hybridized carbons (Fsp3) is 0.333. The summed E-state index contributed by atoms with van der Waals surface area (Å²) in [6.07, 6.45) is 3.45. The van der Waals surface area contributed by atoms with Crippen molar-refractivity contribution in [2.24, 2.45) is 7.05 Å². The summed E-state index contributed by atoms with van der Waals surface area (Å²) in [5.74, 6) is -1.27. The Morgan fingerprint density at radius 2 is 2.17 bits per heavy atom. The molecule has 0 radical (unpaired) electrons. The van der Waals surface area contributed by atoms with Crippen molar-refractivity contribution in [3.8, 4) is 0 Å². The molecule has 1 unspecified atom stereocenters. The SMILES string of the molecule is Cl.Cn1ccnc1C1CNCCN1C(=O)c1ccc(F)cc1F. The van der Waals surface area contributed by atoms with E-state index in [4.69, 9.17) is 0 Å². The molecule has 0 saturated carbocycles. The smallest absolute Gasteiger partial charge is 0.257 e. The van der Waals surface area contributed by atoms with Gasteiger partial charge in [0.15, 0.2) is 0 Å². The maximum absolute atomic E-state index is 13.9. The largest absolute Gasteiger partial charge is 0.336 e. The highest BCUT2D eigenvalue weighted by molar-refractivity contribution is 5.94. The highest BCUT2D eigenvalue weighted by Crippen LogP contribution is 2.23. The molecule has 23 heavy (non-hydrogen) atoms. The van der Waals surface area contributed by atoms with Gasteiger partial charge in [0.1, 0.15) is 23.5 Å². The van der Waals surface area contributed by atoms with Crippen LogP contribution in [0.1, 0.15) is 22.2 Å². The quantitative estimate of drug-likeness (QED) is 0.907. The van der Waals surface area contributed by atoms with Crippen molar-refractivity contribution in [2.45, 2.75) is 6.04 Å². The molecule has 8 heteroatoms. The Balaban J connectivity index is 0.00000192. The number of aromatic nitrogens is 2. The van der Waals surface area contributed by atoms with Crippen LogP contribution in [0.15, 0.2) is 30.6 Å². The van der Waals surface area contributed by atoms with Crippen LogP contribution in [0, 0.1) is 11.6 Å². The van der Waals surface area contributed by atoms with E-state index in [-0.39, 0.29) is 24.0 Å². The lowest BCUT2D eigenvalue weighted by molar-refractivity contribution is 0.0616. The zero-order chi connectivity index (χ0) is 15.7. The van der Waals surface area contributed by atoms with E-state index in [1.807, 2.05) is 11.6 Å². The van der Waals surface area contributed by atoms with Crippen LogP contribution in [-0.2, 0) is 7.05 Å². The van der Waals surface area contributed by atoms with Gasteiger partial charge < -0.3 is 14.8 Å². The predicted molar refractivity (Wildman–Crippen MR) is 83.5 cm³/mol. The number of carbonyl (C=O) groups excluding carboxylic acids is 1. The molecule has 1 aliphatic rings. The molecule has 1 amide bonds. The third-order valence-electron chi connectivity index (χ3n) is 3.82. The van der Waals surface area contributed by atoms with Crippen molar-refractivity contribution in [3.63, 3.8) is 0 Å². The number of hydrogen-bond donors (Lipinski definition) is 1. The molecular weight excluding hydrogens is 326 g/mol. The Bertz CT molecular complexity index is 707. The molecule has 0 spiro atoms. The Labute approximate surface area is 138 Å². The van der Waals surface area contributed by atoms with Gasteiger partial charge in [-0.2, -0.15) is 0 Å². The molecule has 0 aliphatic carbocycles. The van der Waals surface area contributed by atoms with E-state index in [0.717, 1.165) is 18.0 Å². The average molecular weight is 343 g/mol. The van der Waals surface area contributed by atoms with Gasteiger partial charge in [0, 0.05) is 45.1 Å². The second kappa shape index (κ2) is 7.06. The second-order valence-electron chi connectivity index (χ2n) is 5.24. The first kappa shape index (κ1) is 17.4. The second-order valence-corrected chi connectivity index (χ2v) is 5.24. The maximum atomic E-state index is 13.9. The predicted octanol–water partition coefficient (Wildman–Crippen LogP) is 1.91. The van der Waals surface area contributed by atoms with Crippen LogP contribution >= 0.6 is 12.4 Å². The molecule has 3 rings (SSSR count). The van der Waals surface area contributed by atoms with Crippen molar-refractivity contribution < 1.29 is 13.6 Å². The summed E-state index contributed by atoms with van der Waals surface area (Å²) < 4.78 is 28.7. The van der Waals surface area contributed by atoms with Crippen molar-refractivity contribution in [1.29, 1.82) is 0 Å². The van der Waals surface area contributed by atoms with Gasteiger partial charge in [-0.25, -0.2) is 13.8 Å². The van der Waals surface area contributed by atoms with Gasteiger partial charge in [-0.15, -0.1) is 12.4 Å². The van der Waals surface area contributed by atoms with Gasteiger partial charge in [-0.3, -0.25) is 4.79 Å². The number of aryl methyl sites for hydroxylation is 1. The number of rotatable bonds is 2. The molecule has 1 aliphatic heterocycles. The standard InChI is InChI=1S/C15H16F2N4O.ClH/c1-20-6-5-19-14(20)13-9-18-4-7-21(13)15(22)11-3-2-10(16)8-12(11)17;/h2-3,5-6,8,13,18H,4,7,9H2,1H3;1H. The molecule has 1 aromatic heterocycles. The zero-order valence-corrected chi connectivity index (χ0v) is 13.3. The van der Waals surface area contributed by atoms with E-state index in [9.17, 15) is 13.6 Å². The van der Waals surface area contributed by atoms with Gasteiger partial charge in [0.25, 0.3) is 5.91 Å². The first-order valence-electron chi connectivity index (χ1n) is 7.02. The minimum absolute atomic E-state index is 0. The number of piperazine rings is 1. The fourth-order valence-corrected chi connectivity index (χ4v) is 2.69. The van der Waals surface area contributed by atoms with Crippen molar-refractivity contribution >= 4 is 18.3 Å². The fourth-order valence-electron chi connectivity index (χ4n) is 2.69. The van der Waals surface area contributed by atoms with E-state index < -0.39 is 17.5 Å². The summed E-state index contributed by atoms with van der Waals surface area (Å²) in [7, 11) is 1.85. The summed E-state index contributed by atoms with van der Waals surface area (Å²) in [5, 5.41) is 3.21. The zero-order valence-electron chi connectivity index (χ0n) is 12.5. The van der Waals surface area contributed by atoms with Crippen LogP contribution in [0.4, 0.5) is 8.78 Å². The van der Waals surface area contributed by atoms with Crippen LogP contribution in [0.25, 0.3) is 0 Å². The van der Waals surface area contributed by atoms with Crippen LogP contribution < -0.4 is 5.32 Å². The van der Waals surface area contributed by atoms with E-state index >= 15 is 0 Å². The minimum atomic E-state index is -0.845. The third kappa shape index (κ3) is 3.35. The number of carbonyl (C=O) groups is 1. The lowest BCUT2D eigenvalue weighted by atomic mass is 10.1. The summed E-state index contributed by atoms with van der Waals surface area (Å²) in [6, 6.07) is 2.72. The molecule has 1 atom stereocenters. The minimum Gasteiger partial charge on any atom is -0.336 e. The van der Waals surface area contributed by atoms with Crippen LogP contribution in [0.2, 0.25) is 0 Å². The summed E-state index contributed by atoms with van der Waals surface area (Å²) in [4.78, 5) is 18.5. The molecule has 5 nitrogen and oxygen atoms in total. The Hall–Kier alpha value is -1.99. The number of hydrogen-bond acceptors (Lipinski definition) is 3. The summed E-state index contributed by atoms with van der Waals surface area (Å²) in [6.45, 7) is 1.60. The number of benzene rings is 1. The van der Waals surface area contributed by atoms with Crippen LogP contribution in [0.5, 0.6) is 0 Å². The highest BCUT2D eigenvalue weighted by Gasteiger charge is 2.32. The van der Waals surface area contributed by atoms with Gasteiger partial charge in [0.05, 0.1) is 5.56 Å². The summed E-state index contributed by atoms with van der Waals surface area (Å²) >= 11 is 0. The van der Waals surface area contributed by atoms with Gasteiger partial charge in [-0.05, 0) is 12.1 Å². The molecule has 1 fully saturated rings. The van der Waals surface area contributed by atoms with Crippen molar-refractivity contribution in [2.75, 3.05) is 19.6 Å². The lowest BCUT2D eigenvalue weighted by Gasteiger charge is -2.35. The molecule has 1 aromatic carbocycles. The van der Waals surface area contributed by atoms with Crippen molar-refractivity contribution in [1.82, 2.24) is 19.8 Å². The van der Waals surface area contributed by atoms with Gasteiger partial charge in [-0.1, -0.05) is 0 Å². The first-order valence-corrected chi connectivity index (χ1v) is 7.02. The Morgan fingerprint density at radius 1 is 1.39 bits per heavy atom. The Kier molecular flexibility index (Phi) is 5.33. The molecule has 2 heterocycles. The van der Waals surface area contributed by atoms with E-state index in [1.54, 1.807) is 17.3 Å². The van der Waals surface area contributed by atoms with Gasteiger partial charge in [0.2, 0.25) is 0 Å². The molecular formula is C15H17ClF2N4O. The highest BCUT2D eigenvalue weighted by atomic mass is 35.5. The first-order chi connectivity index (χ1) is 10.6. The number of nitrogens with one attached hydrogen (secondary N) is 1. The van der Waals surface area contributed by atoms with Crippen LogP contribution in [-0.4, -0.2) is 40.0 Å². The van der Waals surface area contributed by atoms with Crippen LogP contribution in [0.3, 0.4) is 0 Å².